The molecular formula is C22H18N2O3. The molecule has 3 heterocycles. The summed E-state index contributed by atoms with van der Waals surface area (Å²) in [5.74, 6) is -1.77. The fourth-order valence-electron chi connectivity index (χ4n) is 4.78. The molecule has 2 aromatic rings. The van der Waals surface area contributed by atoms with Gasteiger partial charge in [0.2, 0.25) is 11.8 Å². The number of Topliss-reactive ketones (excluding diaryl/α,β-unsaturated/α-hetero) is 1. The molecule has 0 aliphatic carbocycles. The van der Waals surface area contributed by atoms with Crippen molar-refractivity contribution in [3.63, 3.8) is 0 Å². The number of hydrogen-bond acceptors (Lipinski definition) is 4. The number of nitrogens with zero attached hydrogens (tertiary/aromatic N) is 2. The van der Waals surface area contributed by atoms with Crippen molar-refractivity contribution in [2.24, 2.45) is 11.8 Å². The summed E-state index contributed by atoms with van der Waals surface area (Å²) in [5, 5.41) is 0. The van der Waals surface area contributed by atoms with Gasteiger partial charge in [-0.05, 0) is 17.2 Å². The maximum Gasteiger partial charge on any atom is 0.235 e. The molecule has 2 aromatic carbocycles. The van der Waals surface area contributed by atoms with Gasteiger partial charge < -0.3 is 4.90 Å². The lowest BCUT2D eigenvalue weighted by Crippen LogP contribution is -2.43. The fraction of sp³-hybridized carbons (Fsp3) is 0.227. The molecule has 2 fully saturated rings. The standard InChI is InChI=1S/C22H18N2O3/c1-23-21(26)16-17(22(23)27)19(20(25)14-8-3-2-4-9-14)24-12-11-13-7-5-6-10-15(13)18(16)24/h2-12,16-19H,1H3/t16-,17+,18-,19-/m0/s1. The molecule has 4 atom stereocenters. The predicted molar refractivity (Wildman–Crippen MR) is 99.4 cm³/mol. The molecule has 0 N–H and O–H groups in total. The van der Waals surface area contributed by atoms with E-state index in [4.69, 9.17) is 0 Å². The maximum atomic E-state index is 13.4. The average Bonchev–Trinajstić information content (AvgIpc) is 3.17. The second kappa shape index (κ2) is 5.64. The van der Waals surface area contributed by atoms with Gasteiger partial charge in [0.05, 0.1) is 17.9 Å². The Labute approximate surface area is 156 Å². The zero-order chi connectivity index (χ0) is 18.7. The summed E-state index contributed by atoms with van der Waals surface area (Å²) < 4.78 is 0. The SMILES string of the molecule is CN1C(=O)[C@@H]2[C@H](C1=O)[C@@H]1c3ccccc3C=CN1[C@@H]2C(=O)c1ccccc1. The van der Waals surface area contributed by atoms with Crippen molar-refractivity contribution >= 4 is 23.7 Å². The molecule has 134 valence electrons. The van der Waals surface area contributed by atoms with Crippen molar-refractivity contribution in [1.82, 2.24) is 9.80 Å². The van der Waals surface area contributed by atoms with Crippen molar-refractivity contribution < 1.29 is 14.4 Å². The van der Waals surface area contributed by atoms with Crippen LogP contribution in [-0.4, -0.2) is 40.5 Å². The monoisotopic (exact) mass is 358 g/mol. The number of imide groups is 1. The van der Waals surface area contributed by atoms with E-state index in [-0.39, 0.29) is 23.6 Å². The number of carbonyl (C=O) groups excluding carboxylic acids is 3. The molecule has 0 aromatic heterocycles. The third-order valence-corrected chi connectivity index (χ3v) is 6.01. The van der Waals surface area contributed by atoms with Crippen molar-refractivity contribution in [1.29, 1.82) is 0 Å². The minimum Gasteiger partial charge on any atom is -0.358 e. The highest BCUT2D eigenvalue weighted by Gasteiger charge is 2.63. The van der Waals surface area contributed by atoms with Crippen molar-refractivity contribution in [2.75, 3.05) is 7.05 Å². The van der Waals surface area contributed by atoms with Gasteiger partial charge in [0.25, 0.3) is 0 Å². The number of hydrogen-bond donors (Lipinski definition) is 0. The lowest BCUT2D eigenvalue weighted by Gasteiger charge is -2.35. The van der Waals surface area contributed by atoms with Gasteiger partial charge in [-0.1, -0.05) is 54.6 Å². The first-order valence-electron chi connectivity index (χ1n) is 9.05. The van der Waals surface area contributed by atoms with Crippen molar-refractivity contribution in [3.05, 3.63) is 77.5 Å². The molecule has 0 bridgehead atoms. The van der Waals surface area contributed by atoms with Gasteiger partial charge in [-0.2, -0.15) is 0 Å². The van der Waals surface area contributed by atoms with Crippen LogP contribution >= 0.6 is 0 Å². The van der Waals surface area contributed by atoms with Gasteiger partial charge in [-0.25, -0.2) is 0 Å². The number of amides is 2. The van der Waals surface area contributed by atoms with E-state index in [0.29, 0.717) is 5.56 Å². The summed E-state index contributed by atoms with van der Waals surface area (Å²) in [5.41, 5.74) is 2.58. The van der Waals surface area contributed by atoms with E-state index >= 15 is 0 Å². The maximum absolute atomic E-state index is 13.4. The molecule has 3 aliphatic heterocycles. The molecule has 0 radical (unpaired) electrons. The second-order valence-corrected chi connectivity index (χ2v) is 7.30. The lowest BCUT2D eigenvalue weighted by molar-refractivity contribution is -0.139. The zero-order valence-electron chi connectivity index (χ0n) is 14.8. The minimum absolute atomic E-state index is 0.117. The van der Waals surface area contributed by atoms with E-state index in [0.717, 1.165) is 11.1 Å². The molecule has 0 unspecified atom stereocenters. The van der Waals surface area contributed by atoms with Crippen LogP contribution in [-0.2, 0) is 9.59 Å². The Hall–Kier alpha value is -3.21. The lowest BCUT2D eigenvalue weighted by atomic mass is 9.83. The van der Waals surface area contributed by atoms with Gasteiger partial charge in [-0.15, -0.1) is 0 Å². The normalized spacial score (nSPS) is 28.2. The van der Waals surface area contributed by atoms with Gasteiger partial charge in [0, 0.05) is 18.8 Å². The van der Waals surface area contributed by atoms with Crippen LogP contribution in [0.3, 0.4) is 0 Å². The van der Waals surface area contributed by atoms with Crippen LogP contribution in [0.4, 0.5) is 0 Å². The summed E-state index contributed by atoms with van der Waals surface area (Å²) in [6.45, 7) is 0. The van der Waals surface area contributed by atoms with Gasteiger partial charge in [0.15, 0.2) is 5.78 Å². The van der Waals surface area contributed by atoms with Crippen LogP contribution < -0.4 is 0 Å². The van der Waals surface area contributed by atoms with E-state index in [1.165, 1.54) is 11.9 Å². The van der Waals surface area contributed by atoms with E-state index in [9.17, 15) is 14.4 Å². The Morgan fingerprint density at radius 1 is 0.889 bits per heavy atom. The Morgan fingerprint density at radius 2 is 1.56 bits per heavy atom. The van der Waals surface area contributed by atoms with Gasteiger partial charge in [-0.3, -0.25) is 19.3 Å². The Kier molecular flexibility index (Phi) is 3.34. The molecule has 0 spiro atoms. The summed E-state index contributed by atoms with van der Waals surface area (Å²) >= 11 is 0. The number of carbonyl (C=O) groups is 3. The number of benzene rings is 2. The Bertz CT molecular complexity index is 998. The molecule has 27 heavy (non-hydrogen) atoms. The first-order chi connectivity index (χ1) is 13.1. The number of fused-ring (bicyclic) bond motifs is 5. The quantitative estimate of drug-likeness (QED) is 0.611. The number of ketones is 1. The van der Waals surface area contributed by atoms with E-state index in [1.54, 1.807) is 12.1 Å². The van der Waals surface area contributed by atoms with E-state index in [2.05, 4.69) is 0 Å². The molecular weight excluding hydrogens is 340 g/mol. The highest BCUT2D eigenvalue weighted by molar-refractivity contribution is 6.11. The summed E-state index contributed by atoms with van der Waals surface area (Å²) in [4.78, 5) is 42.3. The highest BCUT2D eigenvalue weighted by atomic mass is 16.2. The van der Waals surface area contributed by atoms with Gasteiger partial charge in [0.1, 0.15) is 6.04 Å². The predicted octanol–water partition coefficient (Wildman–Crippen LogP) is 2.51. The largest absolute Gasteiger partial charge is 0.358 e. The minimum atomic E-state index is -0.673. The molecule has 5 rings (SSSR count). The van der Waals surface area contributed by atoms with Crippen LogP contribution in [0, 0.1) is 11.8 Å². The molecule has 3 aliphatic rings. The third kappa shape index (κ3) is 2.08. The van der Waals surface area contributed by atoms with Crippen molar-refractivity contribution in [3.8, 4) is 0 Å². The zero-order valence-corrected chi connectivity index (χ0v) is 14.8. The van der Waals surface area contributed by atoms with Crippen LogP contribution in [0.5, 0.6) is 0 Å². The summed E-state index contributed by atoms with van der Waals surface area (Å²) in [6, 6.07) is 15.9. The molecule has 5 heteroatoms. The van der Waals surface area contributed by atoms with Crippen LogP contribution in [0.1, 0.15) is 27.5 Å². The fourth-order valence-corrected chi connectivity index (χ4v) is 4.78. The van der Waals surface area contributed by atoms with Crippen LogP contribution in [0.15, 0.2) is 60.8 Å². The Morgan fingerprint density at radius 3 is 2.33 bits per heavy atom. The first-order valence-corrected chi connectivity index (χ1v) is 9.05. The Balaban J connectivity index is 1.67. The van der Waals surface area contributed by atoms with Crippen molar-refractivity contribution in [2.45, 2.75) is 12.1 Å². The molecule has 2 amide bonds. The van der Waals surface area contributed by atoms with Gasteiger partial charge >= 0.3 is 0 Å². The number of rotatable bonds is 2. The topological polar surface area (TPSA) is 57.7 Å². The highest BCUT2D eigenvalue weighted by Crippen LogP contribution is 2.52. The van der Waals surface area contributed by atoms with E-state index < -0.39 is 17.9 Å². The molecule has 2 saturated heterocycles. The second-order valence-electron chi connectivity index (χ2n) is 7.30. The van der Waals surface area contributed by atoms with Crippen LogP contribution in [0.2, 0.25) is 0 Å². The smallest absolute Gasteiger partial charge is 0.235 e. The molecule has 0 saturated carbocycles. The van der Waals surface area contributed by atoms with E-state index in [1.807, 2.05) is 59.6 Å². The average molecular weight is 358 g/mol. The summed E-state index contributed by atoms with van der Waals surface area (Å²) in [6.07, 6.45) is 3.83. The summed E-state index contributed by atoms with van der Waals surface area (Å²) in [7, 11) is 1.52. The first kappa shape index (κ1) is 16.0. The number of likely N-dealkylation sites (tertiary alicyclic amines) is 1. The third-order valence-electron chi connectivity index (χ3n) is 6.01. The van der Waals surface area contributed by atoms with Crippen LogP contribution in [0.25, 0.3) is 6.08 Å². The molecule has 5 nitrogen and oxygen atoms in total.